The number of amides is 1. The van der Waals surface area contributed by atoms with Gasteiger partial charge in [0.1, 0.15) is 5.75 Å². The van der Waals surface area contributed by atoms with Gasteiger partial charge in [0.2, 0.25) is 5.91 Å². The van der Waals surface area contributed by atoms with Crippen LogP contribution in [0.2, 0.25) is 0 Å². The molecule has 1 atom stereocenters. The normalized spacial score (nSPS) is 11.9. The SMILES string of the molecule is COc1ccc([C@@H](CC(=O)OCCC(C)C)NC(C)=O)cc1. The molecule has 0 radical (unpaired) electrons. The topological polar surface area (TPSA) is 64.6 Å². The predicted octanol–water partition coefficient (Wildman–Crippen LogP) is 2.85. The Balaban J connectivity index is 2.67. The molecule has 0 unspecified atom stereocenters. The van der Waals surface area contributed by atoms with Crippen molar-refractivity contribution in [1.29, 1.82) is 0 Å². The minimum atomic E-state index is -0.394. The summed E-state index contributed by atoms with van der Waals surface area (Å²) in [5, 5.41) is 2.78. The summed E-state index contributed by atoms with van der Waals surface area (Å²) in [5.41, 5.74) is 0.844. The first kappa shape index (κ1) is 18.0. The maximum absolute atomic E-state index is 11.9. The van der Waals surface area contributed by atoms with Gasteiger partial charge in [0.05, 0.1) is 26.2 Å². The van der Waals surface area contributed by atoms with Crippen molar-refractivity contribution in [2.75, 3.05) is 13.7 Å². The number of rotatable bonds is 8. The molecule has 1 rings (SSSR count). The Kier molecular flexibility index (Phi) is 7.43. The van der Waals surface area contributed by atoms with E-state index in [1.54, 1.807) is 19.2 Å². The second kappa shape index (κ2) is 9.07. The van der Waals surface area contributed by atoms with Crippen LogP contribution >= 0.6 is 0 Å². The van der Waals surface area contributed by atoms with E-state index >= 15 is 0 Å². The van der Waals surface area contributed by atoms with Gasteiger partial charge in [0.15, 0.2) is 0 Å². The molecule has 0 heterocycles. The summed E-state index contributed by atoms with van der Waals surface area (Å²) in [5.74, 6) is 0.719. The zero-order valence-corrected chi connectivity index (χ0v) is 13.7. The molecule has 0 aromatic heterocycles. The predicted molar refractivity (Wildman–Crippen MR) is 84.6 cm³/mol. The van der Waals surface area contributed by atoms with Crippen molar-refractivity contribution in [3.63, 3.8) is 0 Å². The number of carbonyl (C=O) groups is 2. The second-order valence-electron chi connectivity index (χ2n) is 5.63. The van der Waals surface area contributed by atoms with E-state index in [4.69, 9.17) is 9.47 Å². The van der Waals surface area contributed by atoms with Gasteiger partial charge in [-0.05, 0) is 30.0 Å². The van der Waals surface area contributed by atoms with E-state index in [2.05, 4.69) is 19.2 Å². The molecule has 122 valence electrons. The van der Waals surface area contributed by atoms with Gasteiger partial charge in [-0.2, -0.15) is 0 Å². The quantitative estimate of drug-likeness (QED) is 0.750. The largest absolute Gasteiger partial charge is 0.497 e. The van der Waals surface area contributed by atoms with Gasteiger partial charge < -0.3 is 14.8 Å². The molecule has 0 bridgehead atoms. The van der Waals surface area contributed by atoms with Gasteiger partial charge in [0.25, 0.3) is 0 Å². The fourth-order valence-electron chi connectivity index (χ4n) is 1.97. The van der Waals surface area contributed by atoms with Crippen LogP contribution in [0.3, 0.4) is 0 Å². The Morgan fingerprint density at radius 1 is 1.18 bits per heavy atom. The molecule has 0 saturated heterocycles. The number of ether oxygens (including phenoxy) is 2. The molecular weight excluding hydrogens is 282 g/mol. The molecule has 5 heteroatoms. The first-order chi connectivity index (χ1) is 10.4. The Bertz CT molecular complexity index is 482. The molecule has 1 N–H and O–H groups in total. The molecule has 1 aromatic carbocycles. The van der Waals surface area contributed by atoms with E-state index < -0.39 is 6.04 Å². The summed E-state index contributed by atoms with van der Waals surface area (Å²) in [4.78, 5) is 23.3. The average molecular weight is 307 g/mol. The molecule has 0 aliphatic rings. The van der Waals surface area contributed by atoms with E-state index in [0.717, 1.165) is 17.7 Å². The van der Waals surface area contributed by atoms with Crippen molar-refractivity contribution in [1.82, 2.24) is 5.32 Å². The van der Waals surface area contributed by atoms with Gasteiger partial charge in [-0.15, -0.1) is 0 Å². The van der Waals surface area contributed by atoms with Crippen LogP contribution in [0.5, 0.6) is 5.75 Å². The molecule has 0 spiro atoms. The van der Waals surface area contributed by atoms with Crippen LogP contribution in [0.4, 0.5) is 0 Å². The number of nitrogens with one attached hydrogen (secondary N) is 1. The molecule has 0 aliphatic heterocycles. The van der Waals surface area contributed by atoms with Crippen LogP contribution in [-0.4, -0.2) is 25.6 Å². The summed E-state index contributed by atoms with van der Waals surface area (Å²) < 4.78 is 10.3. The lowest BCUT2D eigenvalue weighted by atomic mass is 10.0. The second-order valence-corrected chi connectivity index (χ2v) is 5.63. The molecule has 0 fully saturated rings. The van der Waals surface area contributed by atoms with E-state index in [-0.39, 0.29) is 18.3 Å². The molecule has 1 aromatic rings. The third kappa shape index (κ3) is 6.61. The highest BCUT2D eigenvalue weighted by Crippen LogP contribution is 2.21. The molecule has 0 saturated carbocycles. The third-order valence-electron chi connectivity index (χ3n) is 3.22. The van der Waals surface area contributed by atoms with Crippen molar-refractivity contribution in [2.24, 2.45) is 5.92 Å². The number of hydrogen-bond donors (Lipinski definition) is 1. The zero-order chi connectivity index (χ0) is 16.5. The first-order valence-electron chi connectivity index (χ1n) is 7.49. The van der Waals surface area contributed by atoms with Crippen LogP contribution in [-0.2, 0) is 14.3 Å². The fourth-order valence-corrected chi connectivity index (χ4v) is 1.97. The van der Waals surface area contributed by atoms with Crippen LogP contribution in [0.1, 0.15) is 45.2 Å². The Morgan fingerprint density at radius 3 is 2.32 bits per heavy atom. The monoisotopic (exact) mass is 307 g/mol. The Hall–Kier alpha value is -2.04. The zero-order valence-electron chi connectivity index (χ0n) is 13.7. The number of methoxy groups -OCH3 is 1. The Labute approximate surface area is 132 Å². The lowest BCUT2D eigenvalue weighted by molar-refractivity contribution is -0.144. The molecule has 0 aliphatic carbocycles. The number of carbonyl (C=O) groups excluding carboxylic acids is 2. The maximum Gasteiger partial charge on any atom is 0.308 e. The first-order valence-corrected chi connectivity index (χ1v) is 7.49. The summed E-state index contributed by atoms with van der Waals surface area (Å²) in [6.07, 6.45) is 0.948. The highest BCUT2D eigenvalue weighted by atomic mass is 16.5. The van der Waals surface area contributed by atoms with E-state index in [1.807, 2.05) is 12.1 Å². The van der Waals surface area contributed by atoms with Crippen molar-refractivity contribution in [3.05, 3.63) is 29.8 Å². The molecule has 5 nitrogen and oxygen atoms in total. The maximum atomic E-state index is 11.9. The summed E-state index contributed by atoms with van der Waals surface area (Å²) in [6, 6.07) is 6.87. The number of benzene rings is 1. The van der Waals surface area contributed by atoms with E-state index in [1.165, 1.54) is 6.92 Å². The van der Waals surface area contributed by atoms with Gasteiger partial charge >= 0.3 is 5.97 Å². The van der Waals surface area contributed by atoms with Crippen molar-refractivity contribution in [3.8, 4) is 5.75 Å². The van der Waals surface area contributed by atoms with Gasteiger partial charge in [-0.3, -0.25) is 9.59 Å². The number of esters is 1. The lowest BCUT2D eigenvalue weighted by Gasteiger charge is -2.18. The minimum absolute atomic E-state index is 0.115. The number of hydrogen-bond acceptors (Lipinski definition) is 4. The summed E-state index contributed by atoms with van der Waals surface area (Å²) in [6.45, 7) is 5.99. The average Bonchev–Trinajstić information content (AvgIpc) is 2.46. The van der Waals surface area contributed by atoms with Crippen LogP contribution < -0.4 is 10.1 Å². The third-order valence-corrected chi connectivity index (χ3v) is 3.22. The molecule has 1 amide bonds. The highest BCUT2D eigenvalue weighted by Gasteiger charge is 2.18. The summed E-state index contributed by atoms with van der Waals surface area (Å²) in [7, 11) is 1.59. The standard InChI is InChI=1S/C17H25NO4/c1-12(2)9-10-22-17(20)11-16(18-13(3)19)14-5-7-15(21-4)8-6-14/h5-8,12,16H,9-11H2,1-4H3,(H,18,19)/t16-/m1/s1. The fraction of sp³-hybridized carbons (Fsp3) is 0.529. The smallest absolute Gasteiger partial charge is 0.308 e. The Morgan fingerprint density at radius 2 is 1.82 bits per heavy atom. The molecular formula is C17H25NO4. The van der Waals surface area contributed by atoms with Crippen molar-refractivity contribution < 1.29 is 19.1 Å². The van der Waals surface area contributed by atoms with Gasteiger partial charge in [-0.25, -0.2) is 0 Å². The van der Waals surface area contributed by atoms with E-state index in [9.17, 15) is 9.59 Å². The highest BCUT2D eigenvalue weighted by molar-refractivity contribution is 5.76. The van der Waals surface area contributed by atoms with Gasteiger partial charge in [0, 0.05) is 6.92 Å². The van der Waals surface area contributed by atoms with E-state index in [0.29, 0.717) is 12.5 Å². The minimum Gasteiger partial charge on any atom is -0.497 e. The molecule has 22 heavy (non-hydrogen) atoms. The van der Waals surface area contributed by atoms with Crippen molar-refractivity contribution >= 4 is 11.9 Å². The van der Waals surface area contributed by atoms with Crippen LogP contribution in [0.25, 0.3) is 0 Å². The summed E-state index contributed by atoms with van der Waals surface area (Å²) >= 11 is 0. The van der Waals surface area contributed by atoms with Crippen molar-refractivity contribution in [2.45, 2.75) is 39.7 Å². The lowest BCUT2D eigenvalue weighted by Crippen LogP contribution is -2.28. The van der Waals surface area contributed by atoms with Gasteiger partial charge in [-0.1, -0.05) is 26.0 Å². The van der Waals surface area contributed by atoms with Crippen LogP contribution in [0.15, 0.2) is 24.3 Å². The van der Waals surface area contributed by atoms with Crippen LogP contribution in [0, 0.1) is 5.92 Å².